The van der Waals surface area contributed by atoms with Gasteiger partial charge < -0.3 is 16.4 Å². The zero-order valence-electron chi connectivity index (χ0n) is 9.06. The number of hydrogen-bond donors (Lipinski definition) is 3. The molecule has 7 heteroatoms. The summed E-state index contributed by atoms with van der Waals surface area (Å²) < 4.78 is 35.5. The first kappa shape index (κ1) is 13.1. The first-order valence-corrected chi connectivity index (χ1v) is 4.75. The zero-order valence-corrected chi connectivity index (χ0v) is 9.06. The van der Waals surface area contributed by atoms with Gasteiger partial charge in [-0.3, -0.25) is 0 Å². The molecule has 0 aromatic heterocycles. The van der Waals surface area contributed by atoms with E-state index in [2.05, 4.69) is 5.32 Å². The topological polar surface area (TPSA) is 67.1 Å². The van der Waals surface area contributed by atoms with Gasteiger partial charge in [0.15, 0.2) is 0 Å². The molecule has 0 bridgehead atoms. The summed E-state index contributed by atoms with van der Waals surface area (Å²) in [7, 11) is 0. The average Bonchev–Trinajstić information content (AvgIpc) is 2.20. The van der Waals surface area contributed by atoms with Gasteiger partial charge in [-0.15, -0.1) is 0 Å². The lowest BCUT2D eigenvalue weighted by molar-refractivity contribution is -0.122. The minimum atomic E-state index is -4.44. The summed E-state index contributed by atoms with van der Waals surface area (Å²) in [6.45, 7) is 0.392. The van der Waals surface area contributed by atoms with Crippen LogP contribution in [0.2, 0.25) is 0 Å². The number of carbonyl (C=O) groups is 1. The van der Waals surface area contributed by atoms with Crippen molar-refractivity contribution in [1.82, 2.24) is 5.32 Å². The lowest BCUT2D eigenvalue weighted by atomic mass is 10.2. The highest BCUT2D eigenvalue weighted by Crippen LogP contribution is 2.19. The second-order valence-electron chi connectivity index (χ2n) is 3.51. The SMILES string of the molecule is Cc1ccc(N)c(NC(=O)NCC(F)(F)F)c1. The summed E-state index contributed by atoms with van der Waals surface area (Å²) >= 11 is 0. The largest absolute Gasteiger partial charge is 0.405 e. The third kappa shape index (κ3) is 4.62. The fourth-order valence-corrected chi connectivity index (χ4v) is 1.13. The summed E-state index contributed by atoms with van der Waals surface area (Å²) in [5.74, 6) is 0. The Kier molecular flexibility index (Phi) is 3.82. The molecule has 1 rings (SSSR count). The molecule has 0 heterocycles. The average molecular weight is 247 g/mol. The van der Waals surface area contributed by atoms with Gasteiger partial charge >= 0.3 is 12.2 Å². The van der Waals surface area contributed by atoms with Crippen LogP contribution in [0.4, 0.5) is 29.3 Å². The van der Waals surface area contributed by atoms with Crippen molar-refractivity contribution in [2.75, 3.05) is 17.6 Å². The quantitative estimate of drug-likeness (QED) is 0.702. The normalized spacial score (nSPS) is 11.1. The number of rotatable bonds is 2. The van der Waals surface area contributed by atoms with Crippen LogP contribution in [0.1, 0.15) is 5.56 Å². The third-order valence-corrected chi connectivity index (χ3v) is 1.91. The van der Waals surface area contributed by atoms with Gasteiger partial charge in [0.25, 0.3) is 0 Å². The van der Waals surface area contributed by atoms with Crippen molar-refractivity contribution in [2.24, 2.45) is 0 Å². The van der Waals surface area contributed by atoms with Gasteiger partial charge in [-0.2, -0.15) is 13.2 Å². The predicted molar refractivity (Wildman–Crippen MR) is 58.7 cm³/mol. The number of nitrogens with one attached hydrogen (secondary N) is 2. The Bertz CT molecular complexity index is 418. The number of nitrogens with two attached hydrogens (primary N) is 1. The van der Waals surface area contributed by atoms with Crippen molar-refractivity contribution in [2.45, 2.75) is 13.1 Å². The van der Waals surface area contributed by atoms with Gasteiger partial charge in [-0.1, -0.05) is 6.07 Å². The van der Waals surface area contributed by atoms with E-state index < -0.39 is 18.8 Å². The minimum absolute atomic E-state index is 0.282. The second-order valence-corrected chi connectivity index (χ2v) is 3.51. The smallest absolute Gasteiger partial charge is 0.397 e. The standard InChI is InChI=1S/C10H12F3N3O/c1-6-2-3-7(14)8(4-6)16-9(17)15-5-10(11,12)13/h2-4H,5,14H2,1H3,(H2,15,16,17). The molecule has 0 saturated carbocycles. The Labute approximate surface area is 96.0 Å². The van der Waals surface area contributed by atoms with Crippen LogP contribution in [0.15, 0.2) is 18.2 Å². The molecule has 4 nitrogen and oxygen atoms in total. The summed E-state index contributed by atoms with van der Waals surface area (Å²) in [5, 5.41) is 3.94. The van der Waals surface area contributed by atoms with Gasteiger partial charge in [0.05, 0.1) is 11.4 Å². The number of urea groups is 1. The molecule has 0 unspecified atom stereocenters. The Morgan fingerprint density at radius 3 is 2.65 bits per heavy atom. The van der Waals surface area contributed by atoms with Gasteiger partial charge in [-0.05, 0) is 24.6 Å². The number of amides is 2. The highest BCUT2D eigenvalue weighted by atomic mass is 19.4. The number of anilines is 2. The van der Waals surface area contributed by atoms with E-state index in [0.717, 1.165) is 5.56 Å². The highest BCUT2D eigenvalue weighted by molar-refractivity contribution is 5.92. The van der Waals surface area contributed by atoms with Crippen molar-refractivity contribution in [3.63, 3.8) is 0 Å². The van der Waals surface area contributed by atoms with E-state index in [-0.39, 0.29) is 11.4 Å². The minimum Gasteiger partial charge on any atom is -0.397 e. The highest BCUT2D eigenvalue weighted by Gasteiger charge is 2.27. The second kappa shape index (κ2) is 4.94. The fraction of sp³-hybridized carbons (Fsp3) is 0.300. The van der Waals surface area contributed by atoms with Crippen molar-refractivity contribution in [3.05, 3.63) is 23.8 Å². The van der Waals surface area contributed by atoms with E-state index in [1.54, 1.807) is 30.4 Å². The van der Waals surface area contributed by atoms with E-state index in [1.165, 1.54) is 0 Å². The molecule has 2 amide bonds. The van der Waals surface area contributed by atoms with Gasteiger partial charge in [0.2, 0.25) is 0 Å². The molecule has 94 valence electrons. The lowest BCUT2D eigenvalue weighted by Crippen LogP contribution is -2.36. The number of benzene rings is 1. The molecule has 4 N–H and O–H groups in total. The van der Waals surface area contributed by atoms with Crippen LogP contribution in [0, 0.1) is 6.92 Å². The molecule has 0 spiro atoms. The molecule has 17 heavy (non-hydrogen) atoms. The van der Waals surface area contributed by atoms with E-state index in [9.17, 15) is 18.0 Å². The predicted octanol–water partition coefficient (Wildman–Crippen LogP) is 2.26. The number of hydrogen-bond acceptors (Lipinski definition) is 2. The number of halogens is 3. The number of aryl methyl sites for hydroxylation is 1. The molecule has 1 aromatic carbocycles. The van der Waals surface area contributed by atoms with Crippen LogP contribution >= 0.6 is 0 Å². The maximum absolute atomic E-state index is 11.8. The first-order valence-electron chi connectivity index (χ1n) is 4.75. The summed E-state index contributed by atoms with van der Waals surface area (Å²) in [6.07, 6.45) is -4.44. The molecule has 1 aromatic rings. The molecule has 0 saturated heterocycles. The van der Waals surface area contributed by atoms with Crippen LogP contribution in [-0.4, -0.2) is 18.8 Å². The number of nitrogen functional groups attached to an aromatic ring is 1. The Balaban J connectivity index is 2.59. The van der Waals surface area contributed by atoms with Gasteiger partial charge in [-0.25, -0.2) is 4.79 Å². The molecule has 0 aliphatic rings. The maximum Gasteiger partial charge on any atom is 0.405 e. The maximum atomic E-state index is 11.8. The van der Waals surface area contributed by atoms with E-state index >= 15 is 0 Å². The van der Waals surface area contributed by atoms with Crippen molar-refractivity contribution in [3.8, 4) is 0 Å². The van der Waals surface area contributed by atoms with E-state index in [0.29, 0.717) is 0 Å². The van der Waals surface area contributed by atoms with Gasteiger partial charge in [0.1, 0.15) is 6.54 Å². The Hall–Kier alpha value is -1.92. The van der Waals surface area contributed by atoms with E-state index in [1.807, 2.05) is 0 Å². The number of carbonyl (C=O) groups excluding carboxylic acids is 1. The van der Waals surface area contributed by atoms with Crippen LogP contribution in [-0.2, 0) is 0 Å². The summed E-state index contributed by atoms with van der Waals surface area (Å²) in [5.41, 5.74) is 6.96. The van der Waals surface area contributed by atoms with E-state index in [4.69, 9.17) is 5.73 Å². The monoisotopic (exact) mass is 247 g/mol. The molecular formula is C10H12F3N3O. The molecule has 0 atom stereocenters. The summed E-state index contributed by atoms with van der Waals surface area (Å²) in [4.78, 5) is 11.1. The van der Waals surface area contributed by atoms with Crippen LogP contribution in [0.5, 0.6) is 0 Å². The molecule has 0 aliphatic carbocycles. The van der Waals surface area contributed by atoms with Gasteiger partial charge in [0, 0.05) is 0 Å². The molecular weight excluding hydrogens is 235 g/mol. The van der Waals surface area contributed by atoms with Crippen molar-refractivity contribution >= 4 is 17.4 Å². The van der Waals surface area contributed by atoms with Crippen molar-refractivity contribution < 1.29 is 18.0 Å². The first-order chi connectivity index (χ1) is 7.78. The lowest BCUT2D eigenvalue weighted by Gasteiger charge is -2.11. The molecule has 0 aliphatic heterocycles. The Morgan fingerprint density at radius 2 is 2.06 bits per heavy atom. The molecule has 0 fully saturated rings. The summed E-state index contributed by atoms with van der Waals surface area (Å²) in [6, 6.07) is 3.92. The third-order valence-electron chi connectivity index (χ3n) is 1.91. The van der Waals surface area contributed by atoms with Crippen LogP contribution in [0.3, 0.4) is 0 Å². The Morgan fingerprint density at radius 1 is 1.41 bits per heavy atom. The zero-order chi connectivity index (χ0) is 13.1. The van der Waals surface area contributed by atoms with Crippen LogP contribution in [0.25, 0.3) is 0 Å². The van der Waals surface area contributed by atoms with Crippen LogP contribution < -0.4 is 16.4 Å². The number of alkyl halides is 3. The fourth-order valence-electron chi connectivity index (χ4n) is 1.13. The molecule has 0 radical (unpaired) electrons. The van der Waals surface area contributed by atoms with Crippen molar-refractivity contribution in [1.29, 1.82) is 0 Å².